The Kier molecular flexibility index (Phi) is 4.78. The molecule has 1 rings (SSSR count). The van der Waals surface area contributed by atoms with Crippen LogP contribution in [-0.2, 0) is 4.79 Å². The molecule has 0 saturated carbocycles. The molecule has 1 aliphatic heterocycles. The maximum absolute atomic E-state index is 11.5. The minimum atomic E-state index is -0.124. The second kappa shape index (κ2) is 5.88. The van der Waals surface area contributed by atoms with E-state index >= 15 is 0 Å². The number of amides is 1. The van der Waals surface area contributed by atoms with Crippen molar-refractivity contribution in [2.45, 2.75) is 25.4 Å². The van der Waals surface area contributed by atoms with E-state index in [1.807, 2.05) is 6.92 Å². The van der Waals surface area contributed by atoms with Crippen LogP contribution in [0.4, 0.5) is 0 Å². The smallest absolute Gasteiger partial charge is 0.237 e. The number of carbonyl (C=O) groups excluding carboxylic acids is 1. The third kappa shape index (κ3) is 4.01. The van der Waals surface area contributed by atoms with Crippen LogP contribution >= 0.6 is 0 Å². The summed E-state index contributed by atoms with van der Waals surface area (Å²) in [5, 5.41) is 6.11. The summed E-state index contributed by atoms with van der Waals surface area (Å²) < 4.78 is 0. The second-order valence-electron chi connectivity index (χ2n) is 4.17. The number of hydrogen-bond acceptors (Lipinski definition) is 3. The zero-order valence-electron chi connectivity index (χ0n) is 9.62. The Labute approximate surface area is 91.7 Å². The van der Waals surface area contributed by atoms with Crippen LogP contribution in [0.3, 0.4) is 0 Å². The van der Waals surface area contributed by atoms with Crippen molar-refractivity contribution in [3.05, 3.63) is 12.7 Å². The summed E-state index contributed by atoms with van der Waals surface area (Å²) in [6.07, 6.45) is 2.81. The predicted molar refractivity (Wildman–Crippen MR) is 61.7 cm³/mol. The molecule has 2 atom stereocenters. The molecular weight excluding hydrogens is 190 g/mol. The number of nitrogens with zero attached hydrogens (tertiary/aromatic N) is 1. The molecule has 4 nitrogen and oxygen atoms in total. The molecular formula is C11H21N3O. The molecule has 4 heteroatoms. The first-order valence-corrected chi connectivity index (χ1v) is 5.46. The van der Waals surface area contributed by atoms with Gasteiger partial charge in [-0.2, -0.15) is 0 Å². The Morgan fingerprint density at radius 3 is 3.00 bits per heavy atom. The summed E-state index contributed by atoms with van der Waals surface area (Å²) in [6.45, 7) is 8.14. The third-order valence-electron chi connectivity index (χ3n) is 2.69. The molecule has 0 aromatic rings. The van der Waals surface area contributed by atoms with Crippen LogP contribution in [0.5, 0.6) is 0 Å². The van der Waals surface area contributed by atoms with Crippen LogP contribution in [-0.4, -0.2) is 49.6 Å². The van der Waals surface area contributed by atoms with Gasteiger partial charge < -0.3 is 15.5 Å². The Balaban J connectivity index is 2.25. The molecule has 1 amide bonds. The van der Waals surface area contributed by atoms with Crippen molar-refractivity contribution in [2.24, 2.45) is 0 Å². The van der Waals surface area contributed by atoms with Gasteiger partial charge >= 0.3 is 0 Å². The van der Waals surface area contributed by atoms with Gasteiger partial charge in [0, 0.05) is 19.1 Å². The van der Waals surface area contributed by atoms with E-state index < -0.39 is 0 Å². The van der Waals surface area contributed by atoms with Crippen molar-refractivity contribution in [3.8, 4) is 0 Å². The first kappa shape index (κ1) is 12.2. The van der Waals surface area contributed by atoms with Gasteiger partial charge in [-0.05, 0) is 26.9 Å². The maximum Gasteiger partial charge on any atom is 0.237 e. The summed E-state index contributed by atoms with van der Waals surface area (Å²) >= 11 is 0. The fraction of sp³-hybridized carbons (Fsp3) is 0.727. The number of likely N-dealkylation sites (N-methyl/N-ethyl adjacent to an activating group) is 1. The van der Waals surface area contributed by atoms with Gasteiger partial charge in [-0.15, -0.1) is 6.58 Å². The molecule has 2 N–H and O–H groups in total. The predicted octanol–water partition coefficient (Wildman–Crippen LogP) is -0.0292. The zero-order valence-corrected chi connectivity index (χ0v) is 9.62. The van der Waals surface area contributed by atoms with Gasteiger partial charge in [-0.1, -0.05) is 6.08 Å². The summed E-state index contributed by atoms with van der Waals surface area (Å²) in [4.78, 5) is 13.8. The Bertz CT molecular complexity index is 230. The van der Waals surface area contributed by atoms with Crippen LogP contribution in [0.15, 0.2) is 12.7 Å². The zero-order chi connectivity index (χ0) is 11.3. The third-order valence-corrected chi connectivity index (χ3v) is 2.69. The summed E-state index contributed by atoms with van der Waals surface area (Å²) in [7, 11) is 2.10. The van der Waals surface area contributed by atoms with Gasteiger partial charge in [-0.3, -0.25) is 4.79 Å². The molecule has 2 unspecified atom stereocenters. The van der Waals surface area contributed by atoms with Crippen LogP contribution in [0.2, 0.25) is 0 Å². The number of rotatable bonds is 5. The normalized spacial score (nSPS) is 23.7. The van der Waals surface area contributed by atoms with Crippen molar-refractivity contribution in [1.82, 2.24) is 15.5 Å². The minimum absolute atomic E-state index is 0.0458. The van der Waals surface area contributed by atoms with E-state index in [0.29, 0.717) is 12.6 Å². The number of nitrogens with one attached hydrogen (secondary N) is 2. The fourth-order valence-electron chi connectivity index (χ4n) is 1.83. The van der Waals surface area contributed by atoms with Gasteiger partial charge in [0.05, 0.1) is 6.04 Å². The van der Waals surface area contributed by atoms with E-state index in [-0.39, 0.29) is 11.9 Å². The average Bonchev–Trinajstić information content (AvgIpc) is 2.60. The fourth-order valence-corrected chi connectivity index (χ4v) is 1.83. The summed E-state index contributed by atoms with van der Waals surface area (Å²) in [6, 6.07) is 0.320. The highest BCUT2D eigenvalue weighted by Crippen LogP contribution is 2.06. The van der Waals surface area contributed by atoms with E-state index in [1.165, 1.54) is 0 Å². The van der Waals surface area contributed by atoms with Crippen molar-refractivity contribution in [2.75, 3.05) is 26.7 Å². The van der Waals surface area contributed by atoms with Crippen molar-refractivity contribution >= 4 is 5.91 Å². The lowest BCUT2D eigenvalue weighted by molar-refractivity contribution is -0.122. The molecule has 0 bridgehead atoms. The summed E-state index contributed by atoms with van der Waals surface area (Å²) in [5.41, 5.74) is 0. The van der Waals surface area contributed by atoms with Crippen LogP contribution in [0, 0.1) is 0 Å². The quantitative estimate of drug-likeness (QED) is 0.628. The van der Waals surface area contributed by atoms with E-state index in [0.717, 1.165) is 19.5 Å². The highest BCUT2D eigenvalue weighted by molar-refractivity contribution is 5.81. The molecule has 1 fully saturated rings. The highest BCUT2D eigenvalue weighted by atomic mass is 16.2. The Hall–Kier alpha value is -0.870. The monoisotopic (exact) mass is 211 g/mol. The Morgan fingerprint density at radius 1 is 1.73 bits per heavy atom. The number of likely N-dealkylation sites (tertiary alicyclic amines) is 1. The molecule has 0 spiro atoms. The van der Waals surface area contributed by atoms with E-state index in [2.05, 4.69) is 29.2 Å². The maximum atomic E-state index is 11.5. The van der Waals surface area contributed by atoms with Gasteiger partial charge in [0.25, 0.3) is 0 Å². The van der Waals surface area contributed by atoms with Crippen molar-refractivity contribution < 1.29 is 4.79 Å². The van der Waals surface area contributed by atoms with Crippen molar-refractivity contribution in [3.63, 3.8) is 0 Å². The first-order valence-electron chi connectivity index (χ1n) is 5.46. The minimum Gasteiger partial charge on any atom is -0.351 e. The molecule has 0 aliphatic carbocycles. The van der Waals surface area contributed by atoms with E-state index in [1.54, 1.807) is 6.08 Å². The van der Waals surface area contributed by atoms with Gasteiger partial charge in [0.15, 0.2) is 0 Å². The van der Waals surface area contributed by atoms with Gasteiger partial charge in [0.2, 0.25) is 5.91 Å². The van der Waals surface area contributed by atoms with Crippen molar-refractivity contribution in [1.29, 1.82) is 0 Å². The molecule has 1 saturated heterocycles. The largest absolute Gasteiger partial charge is 0.351 e. The van der Waals surface area contributed by atoms with Crippen LogP contribution in [0.25, 0.3) is 0 Å². The van der Waals surface area contributed by atoms with Crippen LogP contribution in [0.1, 0.15) is 13.3 Å². The molecule has 1 aliphatic rings. The standard InChI is InChI=1S/C11H21N3O/c1-4-6-12-11(15)9(2)13-10-5-7-14(3)8-10/h4,9-10,13H,1,5-8H2,2-3H3,(H,12,15). The SMILES string of the molecule is C=CCNC(=O)C(C)NC1CCN(C)C1. The van der Waals surface area contributed by atoms with Gasteiger partial charge in [0.1, 0.15) is 0 Å². The Morgan fingerprint density at radius 2 is 2.47 bits per heavy atom. The molecule has 15 heavy (non-hydrogen) atoms. The lowest BCUT2D eigenvalue weighted by atomic mass is 10.2. The van der Waals surface area contributed by atoms with E-state index in [9.17, 15) is 4.79 Å². The molecule has 0 radical (unpaired) electrons. The average molecular weight is 211 g/mol. The summed E-state index contributed by atoms with van der Waals surface area (Å²) in [5.74, 6) is 0.0458. The molecule has 0 aromatic carbocycles. The van der Waals surface area contributed by atoms with E-state index in [4.69, 9.17) is 0 Å². The highest BCUT2D eigenvalue weighted by Gasteiger charge is 2.22. The van der Waals surface area contributed by atoms with Gasteiger partial charge in [-0.25, -0.2) is 0 Å². The van der Waals surface area contributed by atoms with Crippen LogP contribution < -0.4 is 10.6 Å². The lowest BCUT2D eigenvalue weighted by Crippen LogP contribution is -2.47. The first-order chi connectivity index (χ1) is 7.13. The number of hydrogen-bond donors (Lipinski definition) is 2. The lowest BCUT2D eigenvalue weighted by Gasteiger charge is -2.18. The molecule has 86 valence electrons. The molecule has 1 heterocycles. The molecule has 0 aromatic heterocycles. The topological polar surface area (TPSA) is 44.4 Å². The second-order valence-corrected chi connectivity index (χ2v) is 4.17. The number of carbonyl (C=O) groups is 1.